The number of carbonyl (C=O) groups is 1. The number of nitrogen functional groups attached to an aromatic ring is 1. The molecule has 0 aliphatic carbocycles. The van der Waals surface area contributed by atoms with Gasteiger partial charge in [-0.05, 0) is 75.2 Å². The number of rotatable bonds is 6. The molecule has 180 valence electrons. The van der Waals surface area contributed by atoms with Crippen molar-refractivity contribution in [3.63, 3.8) is 0 Å². The van der Waals surface area contributed by atoms with Crippen LogP contribution in [0.25, 0.3) is 0 Å². The molecule has 35 heavy (non-hydrogen) atoms. The number of ketones is 1. The monoisotopic (exact) mass is 486 g/mol. The first-order valence-electron chi connectivity index (χ1n) is 12.3. The van der Waals surface area contributed by atoms with Gasteiger partial charge in [-0.3, -0.25) is 4.79 Å². The Kier molecular flexibility index (Phi) is 6.98. The number of anilines is 4. The van der Waals surface area contributed by atoms with Crippen molar-refractivity contribution in [2.45, 2.75) is 38.1 Å². The first kappa shape index (κ1) is 23.3. The first-order chi connectivity index (χ1) is 17.1. The van der Waals surface area contributed by atoms with E-state index in [2.05, 4.69) is 38.3 Å². The lowest BCUT2D eigenvalue weighted by atomic mass is 9.99. The second kappa shape index (κ2) is 10.5. The topological polar surface area (TPSA) is 98.3 Å². The van der Waals surface area contributed by atoms with Gasteiger partial charge in [-0.2, -0.15) is 5.26 Å². The first-order valence-corrected chi connectivity index (χ1v) is 13.1. The SMILES string of the molecule is N#Cc1cccc(C(=O)c2sc(Nc3ccc(N4CCC(N5CCCCC5)CC4)cc3)nc2N)c1. The van der Waals surface area contributed by atoms with E-state index in [1.54, 1.807) is 24.3 Å². The third kappa shape index (κ3) is 5.31. The summed E-state index contributed by atoms with van der Waals surface area (Å²) >= 11 is 1.22. The molecule has 2 saturated heterocycles. The van der Waals surface area contributed by atoms with Crippen molar-refractivity contribution in [1.29, 1.82) is 5.26 Å². The summed E-state index contributed by atoms with van der Waals surface area (Å²) in [5.74, 6) is -0.0356. The van der Waals surface area contributed by atoms with E-state index in [0.29, 0.717) is 21.1 Å². The fourth-order valence-corrected chi connectivity index (χ4v) is 5.93. The molecule has 0 radical (unpaired) electrons. The predicted molar refractivity (Wildman–Crippen MR) is 141 cm³/mol. The number of benzene rings is 2. The van der Waals surface area contributed by atoms with E-state index in [9.17, 15) is 4.79 Å². The number of thiazole rings is 1. The molecule has 0 unspecified atom stereocenters. The summed E-state index contributed by atoms with van der Waals surface area (Å²) in [6, 6.07) is 17.8. The highest BCUT2D eigenvalue weighted by molar-refractivity contribution is 7.18. The Morgan fingerprint density at radius 3 is 2.51 bits per heavy atom. The lowest BCUT2D eigenvalue weighted by Gasteiger charge is -2.41. The van der Waals surface area contributed by atoms with Crippen molar-refractivity contribution in [2.75, 3.05) is 42.1 Å². The van der Waals surface area contributed by atoms with Gasteiger partial charge in [-0.25, -0.2) is 4.98 Å². The van der Waals surface area contributed by atoms with E-state index in [1.807, 2.05) is 12.1 Å². The minimum Gasteiger partial charge on any atom is -0.382 e. The highest BCUT2D eigenvalue weighted by Crippen LogP contribution is 2.31. The fraction of sp³-hybridized carbons (Fsp3) is 0.370. The van der Waals surface area contributed by atoms with Crippen LogP contribution in [0.15, 0.2) is 48.5 Å². The number of hydrogen-bond donors (Lipinski definition) is 2. The van der Waals surface area contributed by atoms with Crippen LogP contribution in [0.2, 0.25) is 0 Å². The number of hydrogen-bond acceptors (Lipinski definition) is 8. The standard InChI is InChI=1S/C27H30N6OS/c28-18-19-5-4-6-20(17-19)24(34)25-26(29)31-27(35-25)30-21-7-9-22(10-8-21)33-15-11-23(12-16-33)32-13-2-1-3-14-32/h4-10,17,23H,1-3,11-16,29H2,(H,30,31). The number of carbonyl (C=O) groups excluding carboxylic acids is 1. The molecule has 0 bridgehead atoms. The van der Waals surface area contributed by atoms with Gasteiger partial charge in [0, 0.05) is 36.1 Å². The molecule has 2 aliphatic heterocycles. The number of piperidine rings is 2. The average molecular weight is 487 g/mol. The zero-order valence-corrected chi connectivity index (χ0v) is 20.6. The lowest BCUT2D eigenvalue weighted by molar-refractivity contribution is 0.104. The fourth-order valence-electron chi connectivity index (χ4n) is 5.06. The van der Waals surface area contributed by atoms with Gasteiger partial charge >= 0.3 is 0 Å². The van der Waals surface area contributed by atoms with E-state index in [4.69, 9.17) is 11.0 Å². The quantitative estimate of drug-likeness (QED) is 0.472. The number of nitrogens with two attached hydrogens (primary N) is 1. The maximum atomic E-state index is 12.9. The van der Waals surface area contributed by atoms with Crippen LogP contribution in [0, 0.1) is 11.3 Å². The van der Waals surface area contributed by atoms with Gasteiger partial charge in [0.25, 0.3) is 0 Å². The lowest BCUT2D eigenvalue weighted by Crippen LogP contribution is -2.46. The van der Waals surface area contributed by atoms with E-state index in [-0.39, 0.29) is 11.6 Å². The zero-order valence-electron chi connectivity index (χ0n) is 19.7. The van der Waals surface area contributed by atoms with E-state index < -0.39 is 0 Å². The molecule has 2 aliphatic rings. The maximum absolute atomic E-state index is 12.9. The number of nitrogens with one attached hydrogen (secondary N) is 1. The number of likely N-dealkylation sites (tertiary alicyclic amines) is 1. The summed E-state index contributed by atoms with van der Waals surface area (Å²) in [6.45, 7) is 4.72. The third-order valence-electron chi connectivity index (χ3n) is 6.97. The van der Waals surface area contributed by atoms with Gasteiger partial charge < -0.3 is 20.9 Å². The molecule has 3 aromatic rings. The van der Waals surface area contributed by atoms with Gasteiger partial charge in [-0.1, -0.05) is 29.9 Å². The highest BCUT2D eigenvalue weighted by Gasteiger charge is 2.25. The summed E-state index contributed by atoms with van der Waals surface area (Å²) in [7, 11) is 0. The van der Waals surface area contributed by atoms with Crippen molar-refractivity contribution < 1.29 is 4.79 Å². The Morgan fingerprint density at radius 1 is 1.06 bits per heavy atom. The molecule has 3 heterocycles. The Balaban J connectivity index is 1.20. The molecule has 7 nitrogen and oxygen atoms in total. The van der Waals surface area contributed by atoms with Crippen LogP contribution in [-0.2, 0) is 0 Å². The molecule has 2 fully saturated rings. The second-order valence-electron chi connectivity index (χ2n) is 9.24. The molecular weight excluding hydrogens is 456 g/mol. The van der Waals surface area contributed by atoms with E-state index in [1.165, 1.54) is 62.2 Å². The summed E-state index contributed by atoms with van der Waals surface area (Å²) in [5.41, 5.74) is 9.06. The van der Waals surface area contributed by atoms with Crippen LogP contribution in [-0.4, -0.2) is 47.9 Å². The largest absolute Gasteiger partial charge is 0.382 e. The summed E-state index contributed by atoms with van der Waals surface area (Å²) in [6.07, 6.45) is 6.54. The van der Waals surface area contributed by atoms with Crippen molar-refractivity contribution >= 4 is 39.4 Å². The van der Waals surface area contributed by atoms with E-state index >= 15 is 0 Å². The molecule has 0 saturated carbocycles. The molecule has 0 spiro atoms. The number of nitrogens with zero attached hydrogens (tertiary/aromatic N) is 4. The van der Waals surface area contributed by atoms with Crippen LogP contribution in [0.3, 0.4) is 0 Å². The second-order valence-corrected chi connectivity index (χ2v) is 10.2. The molecule has 3 N–H and O–H groups in total. The van der Waals surface area contributed by atoms with Crippen LogP contribution in [0.5, 0.6) is 0 Å². The van der Waals surface area contributed by atoms with Gasteiger partial charge in [0.1, 0.15) is 10.7 Å². The average Bonchev–Trinajstić information content (AvgIpc) is 3.29. The third-order valence-corrected chi connectivity index (χ3v) is 7.95. The van der Waals surface area contributed by atoms with Gasteiger partial charge in [0.15, 0.2) is 5.13 Å². The van der Waals surface area contributed by atoms with Gasteiger partial charge in [-0.15, -0.1) is 0 Å². The van der Waals surface area contributed by atoms with Crippen molar-refractivity contribution in [3.8, 4) is 6.07 Å². The molecule has 0 atom stereocenters. The van der Waals surface area contributed by atoms with Crippen molar-refractivity contribution in [3.05, 3.63) is 64.5 Å². The van der Waals surface area contributed by atoms with Crippen LogP contribution in [0.4, 0.5) is 22.3 Å². The van der Waals surface area contributed by atoms with Crippen molar-refractivity contribution in [1.82, 2.24) is 9.88 Å². The molecule has 8 heteroatoms. The molecule has 2 aromatic carbocycles. The normalized spacial score (nSPS) is 17.2. The van der Waals surface area contributed by atoms with Crippen LogP contribution >= 0.6 is 11.3 Å². The Morgan fingerprint density at radius 2 is 1.80 bits per heavy atom. The molecule has 5 rings (SSSR count). The number of aromatic nitrogens is 1. The van der Waals surface area contributed by atoms with Crippen LogP contribution < -0.4 is 16.0 Å². The zero-order chi connectivity index (χ0) is 24.2. The predicted octanol–water partition coefficient (Wildman–Crippen LogP) is 5.03. The molecule has 1 aromatic heterocycles. The summed E-state index contributed by atoms with van der Waals surface area (Å²) in [5, 5.41) is 12.9. The van der Waals surface area contributed by atoms with E-state index in [0.717, 1.165) is 24.8 Å². The van der Waals surface area contributed by atoms with Gasteiger partial charge in [0.2, 0.25) is 5.78 Å². The molecule has 0 amide bonds. The Labute approximate surface area is 210 Å². The Hall–Kier alpha value is -3.41. The van der Waals surface area contributed by atoms with Crippen molar-refractivity contribution in [2.24, 2.45) is 0 Å². The Bertz CT molecular complexity index is 1220. The minimum absolute atomic E-state index is 0.193. The summed E-state index contributed by atoms with van der Waals surface area (Å²) < 4.78 is 0. The number of nitriles is 1. The minimum atomic E-state index is -0.228. The smallest absolute Gasteiger partial charge is 0.206 e. The van der Waals surface area contributed by atoms with Gasteiger partial charge in [0.05, 0.1) is 11.6 Å². The van der Waals surface area contributed by atoms with Crippen LogP contribution in [0.1, 0.15) is 52.9 Å². The maximum Gasteiger partial charge on any atom is 0.206 e. The summed E-state index contributed by atoms with van der Waals surface area (Å²) in [4.78, 5) is 22.8. The highest BCUT2D eigenvalue weighted by atomic mass is 32.1. The molecular formula is C27H30N6OS.